The Bertz CT molecular complexity index is 408. The van der Waals surface area contributed by atoms with Gasteiger partial charge in [0.15, 0.2) is 0 Å². The second-order valence-corrected chi connectivity index (χ2v) is 4.10. The molecule has 1 aromatic carbocycles. The van der Waals surface area contributed by atoms with Crippen molar-refractivity contribution in [1.82, 2.24) is 5.32 Å². The van der Waals surface area contributed by atoms with Gasteiger partial charge >= 0.3 is 5.97 Å². The lowest BCUT2D eigenvalue weighted by atomic mass is 9.94. The van der Waals surface area contributed by atoms with Crippen LogP contribution in [0, 0.1) is 11.7 Å². The molecule has 3 nitrogen and oxygen atoms in total. The second-order valence-electron chi connectivity index (χ2n) is 4.10. The van der Waals surface area contributed by atoms with Crippen molar-refractivity contribution in [1.29, 1.82) is 0 Å². The molecule has 1 N–H and O–H groups in total. The van der Waals surface area contributed by atoms with Gasteiger partial charge in [-0.3, -0.25) is 4.79 Å². The monoisotopic (exact) mass is 237 g/mol. The lowest BCUT2D eigenvalue weighted by molar-refractivity contribution is -0.148. The van der Waals surface area contributed by atoms with E-state index in [1.54, 1.807) is 25.1 Å². The minimum Gasteiger partial charge on any atom is -0.466 e. The number of carbonyl (C=O) groups is 1. The van der Waals surface area contributed by atoms with Crippen molar-refractivity contribution in [2.45, 2.75) is 19.4 Å². The van der Waals surface area contributed by atoms with Crippen LogP contribution in [0.15, 0.2) is 24.3 Å². The summed E-state index contributed by atoms with van der Waals surface area (Å²) in [5, 5.41) is 3.16. The number of ether oxygens (including phenoxy) is 1. The Morgan fingerprint density at radius 2 is 2.29 bits per heavy atom. The van der Waals surface area contributed by atoms with E-state index in [1.165, 1.54) is 6.07 Å². The highest BCUT2D eigenvalue weighted by Gasteiger charge is 2.35. The molecule has 1 heterocycles. The molecule has 1 aliphatic rings. The number of halogens is 1. The van der Waals surface area contributed by atoms with Crippen molar-refractivity contribution in [3.63, 3.8) is 0 Å². The zero-order valence-electron chi connectivity index (χ0n) is 9.78. The number of esters is 1. The molecule has 0 aliphatic carbocycles. The van der Waals surface area contributed by atoms with Crippen molar-refractivity contribution in [2.24, 2.45) is 5.92 Å². The average Bonchev–Trinajstić information content (AvgIpc) is 2.79. The first-order valence-corrected chi connectivity index (χ1v) is 5.88. The summed E-state index contributed by atoms with van der Waals surface area (Å²) < 4.78 is 18.7. The largest absolute Gasteiger partial charge is 0.466 e. The highest BCUT2D eigenvalue weighted by atomic mass is 19.1. The highest BCUT2D eigenvalue weighted by Crippen LogP contribution is 2.31. The molecule has 4 heteroatoms. The normalized spacial score (nSPS) is 23.6. The van der Waals surface area contributed by atoms with Crippen molar-refractivity contribution in [2.75, 3.05) is 13.2 Å². The second kappa shape index (κ2) is 5.27. The standard InChI is InChI=1S/C13H16FNO2/c1-2-17-13(16)10-7-8-15-12(10)9-5-3-4-6-11(9)14/h3-6,10,12,15H,2,7-8H2,1H3/t10-,12-/m0/s1. The summed E-state index contributed by atoms with van der Waals surface area (Å²) in [7, 11) is 0. The molecule has 1 fully saturated rings. The zero-order valence-corrected chi connectivity index (χ0v) is 9.78. The van der Waals surface area contributed by atoms with Crippen LogP contribution in [0.2, 0.25) is 0 Å². The number of benzene rings is 1. The summed E-state index contributed by atoms with van der Waals surface area (Å²) in [6.07, 6.45) is 0.692. The lowest BCUT2D eigenvalue weighted by Gasteiger charge is -2.18. The minimum atomic E-state index is -0.285. The lowest BCUT2D eigenvalue weighted by Crippen LogP contribution is -2.26. The van der Waals surface area contributed by atoms with Crippen LogP contribution in [0.25, 0.3) is 0 Å². The SMILES string of the molecule is CCOC(=O)[C@H]1CCN[C@H]1c1ccccc1F. The van der Waals surface area contributed by atoms with E-state index >= 15 is 0 Å². The van der Waals surface area contributed by atoms with Gasteiger partial charge in [0.05, 0.1) is 12.5 Å². The smallest absolute Gasteiger partial charge is 0.310 e. The Balaban J connectivity index is 2.20. The molecule has 92 valence electrons. The molecule has 0 radical (unpaired) electrons. The molecule has 0 unspecified atom stereocenters. The molecule has 0 spiro atoms. The molecule has 0 aromatic heterocycles. The summed E-state index contributed by atoms with van der Waals surface area (Å²) >= 11 is 0. The van der Waals surface area contributed by atoms with Gasteiger partial charge in [-0.1, -0.05) is 18.2 Å². The third-order valence-electron chi connectivity index (χ3n) is 3.05. The Labute approximate surface area is 100.0 Å². The van der Waals surface area contributed by atoms with Crippen LogP contribution in [0.3, 0.4) is 0 Å². The third-order valence-corrected chi connectivity index (χ3v) is 3.05. The molecule has 0 bridgehead atoms. The third kappa shape index (κ3) is 2.47. The van der Waals surface area contributed by atoms with E-state index in [1.807, 2.05) is 0 Å². The first-order chi connectivity index (χ1) is 8.24. The van der Waals surface area contributed by atoms with Crippen LogP contribution in [0.5, 0.6) is 0 Å². The molecule has 1 aromatic rings. The topological polar surface area (TPSA) is 38.3 Å². The predicted octanol–water partition coefficient (Wildman–Crippen LogP) is 2.04. The molecule has 0 saturated carbocycles. The van der Waals surface area contributed by atoms with Gasteiger partial charge < -0.3 is 10.1 Å². The predicted molar refractivity (Wildman–Crippen MR) is 61.9 cm³/mol. The maximum absolute atomic E-state index is 13.7. The zero-order chi connectivity index (χ0) is 12.3. The maximum atomic E-state index is 13.7. The van der Waals surface area contributed by atoms with Crippen molar-refractivity contribution < 1.29 is 13.9 Å². The molecular formula is C13H16FNO2. The summed E-state index contributed by atoms with van der Waals surface area (Å²) in [6.45, 7) is 2.85. The van der Waals surface area contributed by atoms with Gasteiger partial charge in [-0.15, -0.1) is 0 Å². The van der Waals surface area contributed by atoms with Crippen molar-refractivity contribution >= 4 is 5.97 Å². The van der Waals surface area contributed by atoms with Gasteiger partial charge in [0.1, 0.15) is 5.82 Å². The maximum Gasteiger partial charge on any atom is 0.310 e. The molecular weight excluding hydrogens is 221 g/mol. The average molecular weight is 237 g/mol. The first kappa shape index (κ1) is 12.0. The molecule has 1 saturated heterocycles. The summed E-state index contributed by atoms with van der Waals surface area (Å²) in [4.78, 5) is 11.8. The van der Waals surface area contributed by atoms with Crippen molar-refractivity contribution in [3.8, 4) is 0 Å². The van der Waals surface area contributed by atoms with E-state index < -0.39 is 0 Å². The fourth-order valence-electron chi connectivity index (χ4n) is 2.26. The summed E-state index contributed by atoms with van der Waals surface area (Å²) in [5.74, 6) is -0.807. The van der Waals surface area contributed by atoms with E-state index in [-0.39, 0.29) is 23.7 Å². The van der Waals surface area contributed by atoms with E-state index in [4.69, 9.17) is 4.74 Å². The number of nitrogens with one attached hydrogen (secondary N) is 1. The summed E-state index contributed by atoms with van der Waals surface area (Å²) in [6, 6.07) is 6.28. The van der Waals surface area contributed by atoms with Gasteiger partial charge in [0, 0.05) is 11.6 Å². The van der Waals surface area contributed by atoms with E-state index in [9.17, 15) is 9.18 Å². The quantitative estimate of drug-likeness (QED) is 0.817. The fourth-order valence-corrected chi connectivity index (χ4v) is 2.26. The molecule has 0 amide bonds. The van der Waals surface area contributed by atoms with E-state index in [2.05, 4.69) is 5.32 Å². The minimum absolute atomic E-state index is 0.245. The number of rotatable bonds is 3. The first-order valence-electron chi connectivity index (χ1n) is 5.88. The molecule has 2 rings (SSSR count). The van der Waals surface area contributed by atoms with Gasteiger partial charge in [0.25, 0.3) is 0 Å². The van der Waals surface area contributed by atoms with Gasteiger partial charge in [-0.2, -0.15) is 0 Å². The Hall–Kier alpha value is -1.42. The summed E-state index contributed by atoms with van der Waals surface area (Å²) in [5.41, 5.74) is 0.544. The Morgan fingerprint density at radius 1 is 1.53 bits per heavy atom. The number of hydrogen-bond acceptors (Lipinski definition) is 3. The molecule has 17 heavy (non-hydrogen) atoms. The van der Waals surface area contributed by atoms with Gasteiger partial charge in [-0.05, 0) is 26.0 Å². The van der Waals surface area contributed by atoms with Crippen LogP contribution < -0.4 is 5.32 Å². The fraction of sp³-hybridized carbons (Fsp3) is 0.462. The van der Waals surface area contributed by atoms with Crippen LogP contribution >= 0.6 is 0 Å². The Morgan fingerprint density at radius 3 is 3.00 bits per heavy atom. The van der Waals surface area contributed by atoms with Crippen LogP contribution in [0.4, 0.5) is 4.39 Å². The Kier molecular flexibility index (Phi) is 3.74. The van der Waals surface area contributed by atoms with Crippen LogP contribution in [0.1, 0.15) is 24.9 Å². The van der Waals surface area contributed by atoms with Crippen molar-refractivity contribution in [3.05, 3.63) is 35.6 Å². The van der Waals surface area contributed by atoms with Crippen LogP contribution in [-0.2, 0) is 9.53 Å². The van der Waals surface area contributed by atoms with Gasteiger partial charge in [0.2, 0.25) is 0 Å². The number of carbonyl (C=O) groups excluding carboxylic acids is 1. The van der Waals surface area contributed by atoms with E-state index in [0.29, 0.717) is 25.1 Å². The number of hydrogen-bond donors (Lipinski definition) is 1. The molecule has 2 atom stereocenters. The van der Waals surface area contributed by atoms with E-state index in [0.717, 1.165) is 0 Å². The van der Waals surface area contributed by atoms with Gasteiger partial charge in [-0.25, -0.2) is 4.39 Å². The van der Waals surface area contributed by atoms with Crippen LogP contribution in [-0.4, -0.2) is 19.1 Å². The molecule has 1 aliphatic heterocycles. The highest BCUT2D eigenvalue weighted by molar-refractivity contribution is 5.74.